The zero-order valence-corrected chi connectivity index (χ0v) is 3.95. The molecule has 0 aromatic rings. The van der Waals surface area contributed by atoms with Gasteiger partial charge in [0.25, 0.3) is 0 Å². The Balaban J connectivity index is 1.97. The molecule has 0 aliphatic carbocycles. The summed E-state index contributed by atoms with van der Waals surface area (Å²) in [5.74, 6) is 2.09. The van der Waals surface area contributed by atoms with Crippen LogP contribution < -0.4 is 0 Å². The van der Waals surface area contributed by atoms with Gasteiger partial charge in [-0.05, 0) is 0 Å². The first-order valence-corrected chi connectivity index (χ1v) is 2.83. The standard InChI is InChI=1S/C2H5.CH3.Cu/c1-2;;/h1H2,2H3;1H3;. The van der Waals surface area contributed by atoms with Crippen molar-refractivity contribution in [1.82, 2.24) is 0 Å². The van der Waals surface area contributed by atoms with Crippen LogP contribution in [0.1, 0.15) is 6.92 Å². The minimum absolute atomic E-state index is 1.23. The molecule has 31 valence electrons. The van der Waals surface area contributed by atoms with E-state index < -0.39 is 0 Å². The third-order valence-electron chi connectivity index (χ3n) is 0.213. The summed E-state index contributed by atoms with van der Waals surface area (Å²) in [4.78, 5) is 0. The van der Waals surface area contributed by atoms with E-state index in [-0.39, 0.29) is 0 Å². The van der Waals surface area contributed by atoms with Gasteiger partial charge in [0, 0.05) is 0 Å². The van der Waals surface area contributed by atoms with Crippen molar-refractivity contribution in [1.29, 1.82) is 0 Å². The van der Waals surface area contributed by atoms with Gasteiger partial charge in [-0.2, -0.15) is 0 Å². The van der Waals surface area contributed by atoms with Gasteiger partial charge < -0.3 is 0 Å². The van der Waals surface area contributed by atoms with Crippen molar-refractivity contribution in [2.45, 2.75) is 18.1 Å². The zero-order valence-electron chi connectivity index (χ0n) is 3.01. The molecule has 0 rings (SSSR count). The molecule has 0 saturated heterocycles. The second-order valence-corrected chi connectivity index (χ2v) is 1.76. The van der Waals surface area contributed by atoms with Crippen LogP contribution in [0.15, 0.2) is 0 Å². The monoisotopic (exact) mass is 107 g/mol. The molecule has 0 nitrogen and oxygen atoms in total. The van der Waals surface area contributed by atoms with E-state index in [1.807, 2.05) is 15.0 Å². The van der Waals surface area contributed by atoms with Gasteiger partial charge in [-0.3, -0.25) is 0 Å². The third kappa shape index (κ3) is 2.52. The van der Waals surface area contributed by atoms with Crippen LogP contribution in [-0.4, -0.2) is 0 Å². The molecule has 0 saturated carbocycles. The van der Waals surface area contributed by atoms with Gasteiger partial charge in [0.15, 0.2) is 0 Å². The van der Waals surface area contributed by atoms with E-state index in [9.17, 15) is 0 Å². The summed E-state index contributed by atoms with van der Waals surface area (Å²) in [5, 5.41) is 1.23. The molecular formula is C3H8Cu. The summed E-state index contributed by atoms with van der Waals surface area (Å²) in [6, 6.07) is 0. The van der Waals surface area contributed by atoms with Crippen molar-refractivity contribution in [2.24, 2.45) is 0 Å². The third-order valence-corrected chi connectivity index (χ3v) is 0.879. The molecule has 1 heteroatoms. The Kier molecular flexibility index (Phi) is 3.98. The van der Waals surface area contributed by atoms with Crippen molar-refractivity contribution in [3.05, 3.63) is 0 Å². The number of hydrogen-bond acceptors (Lipinski definition) is 0. The first kappa shape index (κ1) is 4.52. The molecule has 0 bridgehead atoms. The van der Waals surface area contributed by atoms with Crippen LogP contribution in [0.25, 0.3) is 0 Å². The SMILES string of the molecule is C[CH2][Cu][CH3]. The Hall–Kier alpha value is 0.519. The fraction of sp³-hybridized carbons (Fsp3) is 1.00. The van der Waals surface area contributed by atoms with Crippen molar-refractivity contribution < 1.29 is 15.0 Å². The van der Waals surface area contributed by atoms with Gasteiger partial charge in [-0.1, -0.05) is 0 Å². The van der Waals surface area contributed by atoms with Gasteiger partial charge in [-0.15, -0.1) is 0 Å². The van der Waals surface area contributed by atoms with Gasteiger partial charge in [0.05, 0.1) is 0 Å². The van der Waals surface area contributed by atoms with Crippen molar-refractivity contribution in [3.63, 3.8) is 0 Å². The fourth-order valence-electron chi connectivity index (χ4n) is 0. The van der Waals surface area contributed by atoms with E-state index in [1.54, 1.807) is 0 Å². The quantitative estimate of drug-likeness (QED) is 0.446. The molecule has 4 heavy (non-hydrogen) atoms. The summed E-state index contributed by atoms with van der Waals surface area (Å²) in [5.41, 5.74) is 0. The van der Waals surface area contributed by atoms with E-state index >= 15 is 0 Å². The van der Waals surface area contributed by atoms with E-state index in [4.69, 9.17) is 0 Å². The maximum absolute atomic E-state index is 2.14. The molecule has 0 aliphatic heterocycles. The van der Waals surface area contributed by atoms with E-state index in [0.29, 0.717) is 0 Å². The first-order valence-electron chi connectivity index (χ1n) is 1.22. The summed E-state index contributed by atoms with van der Waals surface area (Å²) in [7, 11) is 0. The number of rotatable bonds is 1. The molecule has 0 atom stereocenters. The topological polar surface area (TPSA) is 0 Å². The Labute approximate surface area is 33.7 Å². The molecule has 0 unspecified atom stereocenters. The Morgan fingerprint density at radius 3 is 2.00 bits per heavy atom. The Morgan fingerprint density at radius 2 is 2.00 bits per heavy atom. The van der Waals surface area contributed by atoms with E-state index in [0.717, 1.165) is 0 Å². The average molecular weight is 108 g/mol. The van der Waals surface area contributed by atoms with Crippen LogP contribution in [0, 0.1) is 0 Å². The minimum atomic E-state index is 1.23. The van der Waals surface area contributed by atoms with Crippen molar-refractivity contribution in [2.75, 3.05) is 0 Å². The van der Waals surface area contributed by atoms with Gasteiger partial charge in [0.1, 0.15) is 0 Å². The molecule has 0 aromatic carbocycles. The summed E-state index contributed by atoms with van der Waals surface area (Å²) < 4.78 is 0. The average Bonchev–Trinajstić information content (AvgIpc) is 1.37. The summed E-state index contributed by atoms with van der Waals surface area (Å²) >= 11 is 1.92. The van der Waals surface area contributed by atoms with Gasteiger partial charge in [0.2, 0.25) is 0 Å². The number of hydrogen-bond donors (Lipinski definition) is 0. The van der Waals surface area contributed by atoms with Crippen LogP contribution >= 0.6 is 0 Å². The van der Waals surface area contributed by atoms with Crippen LogP contribution in [0.4, 0.5) is 0 Å². The predicted octanol–water partition coefficient (Wildman–Crippen LogP) is 1.56. The summed E-state index contributed by atoms with van der Waals surface area (Å²) in [6.45, 7) is 2.14. The normalized spacial score (nSPS) is 8.50. The summed E-state index contributed by atoms with van der Waals surface area (Å²) in [6.07, 6.45) is 0. The molecule has 0 aliphatic rings. The molecule has 0 aromatic heterocycles. The predicted molar refractivity (Wildman–Crippen MR) is 16.3 cm³/mol. The van der Waals surface area contributed by atoms with Crippen LogP contribution in [0.5, 0.6) is 0 Å². The molecule has 0 fully saturated rings. The van der Waals surface area contributed by atoms with Crippen LogP contribution in [0.3, 0.4) is 0 Å². The van der Waals surface area contributed by atoms with Crippen molar-refractivity contribution in [3.8, 4) is 0 Å². The Bertz CT molecular complexity index is 5.25. The zero-order chi connectivity index (χ0) is 3.41. The molecule has 0 N–H and O–H groups in total. The Morgan fingerprint density at radius 1 is 1.75 bits per heavy atom. The maximum atomic E-state index is 2.14. The molecule has 0 radical (unpaired) electrons. The van der Waals surface area contributed by atoms with Gasteiger partial charge >= 0.3 is 33.0 Å². The van der Waals surface area contributed by atoms with E-state index in [2.05, 4.69) is 12.7 Å². The molecule has 0 heterocycles. The fourth-order valence-corrected chi connectivity index (χ4v) is 0. The second-order valence-electron chi connectivity index (χ2n) is 0.426. The van der Waals surface area contributed by atoms with Crippen LogP contribution in [0.2, 0.25) is 11.1 Å². The molecule has 0 amide bonds. The first-order chi connectivity index (χ1) is 1.91. The second kappa shape index (κ2) is 3.52. The van der Waals surface area contributed by atoms with Crippen molar-refractivity contribution >= 4 is 0 Å². The van der Waals surface area contributed by atoms with Crippen LogP contribution in [-0.2, 0) is 15.0 Å². The molecule has 0 spiro atoms. The van der Waals surface area contributed by atoms with Gasteiger partial charge in [-0.25, -0.2) is 0 Å². The van der Waals surface area contributed by atoms with E-state index in [1.165, 1.54) is 5.32 Å². The molecular weight excluding hydrogens is 99.6 g/mol.